The van der Waals surface area contributed by atoms with E-state index in [4.69, 9.17) is 0 Å². The van der Waals surface area contributed by atoms with Crippen molar-refractivity contribution in [3.05, 3.63) is 71.5 Å². The number of hydrogen-bond acceptors (Lipinski definition) is 3. The minimum atomic E-state index is -0.540. The Kier molecular flexibility index (Phi) is 9.87. The monoisotopic (exact) mass is 430 g/mol. The molecule has 2 rings (SSSR count). The molecule has 0 unspecified atom stereocenters. The molecule has 4 nitrogen and oxygen atoms in total. The van der Waals surface area contributed by atoms with Crippen molar-refractivity contribution in [3.63, 3.8) is 0 Å². The SMILES string of the molecule is CC[C@H](C)NC(=O)[C@H](C)N(CCc1ccccc1)C(=O)CSCc1ccc(F)cc1. The second-order valence-corrected chi connectivity index (χ2v) is 8.42. The van der Waals surface area contributed by atoms with Crippen molar-refractivity contribution in [3.8, 4) is 0 Å². The maximum absolute atomic E-state index is 13.0. The van der Waals surface area contributed by atoms with Gasteiger partial charge in [0.2, 0.25) is 11.8 Å². The number of carbonyl (C=O) groups excluding carboxylic acids is 2. The average Bonchev–Trinajstić information content (AvgIpc) is 2.75. The van der Waals surface area contributed by atoms with E-state index in [1.165, 1.54) is 23.9 Å². The first-order chi connectivity index (χ1) is 14.4. The zero-order chi connectivity index (χ0) is 21.9. The van der Waals surface area contributed by atoms with Gasteiger partial charge in [-0.15, -0.1) is 11.8 Å². The standard InChI is InChI=1S/C24H31FN2O2S/c1-4-18(2)26-24(29)19(3)27(15-14-20-8-6-5-7-9-20)23(28)17-30-16-21-10-12-22(25)13-11-21/h5-13,18-19H,4,14-17H2,1-3H3,(H,26,29)/t18-,19-/m0/s1. The highest BCUT2D eigenvalue weighted by atomic mass is 32.2. The van der Waals surface area contributed by atoms with Crippen molar-refractivity contribution >= 4 is 23.6 Å². The number of benzene rings is 2. The zero-order valence-corrected chi connectivity index (χ0v) is 18.8. The minimum Gasteiger partial charge on any atom is -0.352 e. The fourth-order valence-electron chi connectivity index (χ4n) is 2.96. The molecule has 2 amide bonds. The quantitative estimate of drug-likeness (QED) is 0.574. The van der Waals surface area contributed by atoms with E-state index in [2.05, 4.69) is 5.32 Å². The van der Waals surface area contributed by atoms with Gasteiger partial charge in [-0.05, 0) is 49.9 Å². The topological polar surface area (TPSA) is 49.4 Å². The summed E-state index contributed by atoms with van der Waals surface area (Å²) in [6.45, 7) is 6.24. The molecular formula is C24H31FN2O2S. The molecule has 2 aromatic rings. The highest BCUT2D eigenvalue weighted by Crippen LogP contribution is 2.15. The number of nitrogens with zero attached hydrogens (tertiary/aromatic N) is 1. The lowest BCUT2D eigenvalue weighted by Gasteiger charge is -2.29. The van der Waals surface area contributed by atoms with E-state index >= 15 is 0 Å². The molecule has 6 heteroatoms. The number of amides is 2. The van der Waals surface area contributed by atoms with Gasteiger partial charge in [0, 0.05) is 18.3 Å². The Morgan fingerprint density at radius 1 is 1.03 bits per heavy atom. The Morgan fingerprint density at radius 3 is 2.33 bits per heavy atom. The first-order valence-corrected chi connectivity index (χ1v) is 11.5. The molecular weight excluding hydrogens is 399 g/mol. The minimum absolute atomic E-state index is 0.0650. The lowest BCUT2D eigenvalue weighted by atomic mass is 10.1. The molecule has 2 atom stereocenters. The fourth-order valence-corrected chi connectivity index (χ4v) is 3.83. The Hall–Kier alpha value is -2.34. The molecule has 0 radical (unpaired) electrons. The number of rotatable bonds is 11. The van der Waals surface area contributed by atoms with E-state index in [-0.39, 0.29) is 29.4 Å². The number of nitrogens with one attached hydrogen (secondary N) is 1. The summed E-state index contributed by atoms with van der Waals surface area (Å²) in [4.78, 5) is 27.3. The molecule has 30 heavy (non-hydrogen) atoms. The third kappa shape index (κ3) is 7.82. The van der Waals surface area contributed by atoms with E-state index in [1.54, 1.807) is 24.0 Å². The third-order valence-electron chi connectivity index (χ3n) is 5.06. The van der Waals surface area contributed by atoms with E-state index in [0.29, 0.717) is 18.7 Å². The fraction of sp³-hybridized carbons (Fsp3) is 0.417. The van der Waals surface area contributed by atoms with Crippen molar-refractivity contribution in [2.24, 2.45) is 0 Å². The lowest BCUT2D eigenvalue weighted by molar-refractivity contribution is -0.138. The molecule has 0 aliphatic rings. The van der Waals surface area contributed by atoms with Crippen LogP contribution in [0.15, 0.2) is 54.6 Å². The summed E-state index contributed by atoms with van der Waals surface area (Å²) < 4.78 is 13.0. The van der Waals surface area contributed by atoms with Crippen molar-refractivity contribution in [2.45, 2.75) is 51.4 Å². The zero-order valence-electron chi connectivity index (χ0n) is 17.9. The molecule has 2 aromatic carbocycles. The summed E-state index contributed by atoms with van der Waals surface area (Å²) in [5.41, 5.74) is 2.09. The molecule has 1 N–H and O–H groups in total. The molecule has 0 fully saturated rings. The van der Waals surface area contributed by atoms with Gasteiger partial charge in [-0.2, -0.15) is 0 Å². The largest absolute Gasteiger partial charge is 0.352 e. The molecule has 0 aliphatic heterocycles. The van der Waals surface area contributed by atoms with Gasteiger partial charge in [-0.1, -0.05) is 49.4 Å². The molecule has 0 bridgehead atoms. The normalized spacial score (nSPS) is 12.8. The van der Waals surface area contributed by atoms with E-state index < -0.39 is 6.04 Å². The molecule has 0 heterocycles. The van der Waals surface area contributed by atoms with Crippen LogP contribution < -0.4 is 5.32 Å². The summed E-state index contributed by atoms with van der Waals surface area (Å²) in [6, 6.07) is 15.8. The third-order valence-corrected chi connectivity index (χ3v) is 6.05. The van der Waals surface area contributed by atoms with E-state index in [0.717, 1.165) is 17.5 Å². The summed E-state index contributed by atoms with van der Waals surface area (Å²) in [7, 11) is 0. The Bertz CT molecular complexity index is 799. The highest BCUT2D eigenvalue weighted by Gasteiger charge is 2.26. The van der Waals surface area contributed by atoms with Gasteiger partial charge in [-0.25, -0.2) is 4.39 Å². The van der Waals surface area contributed by atoms with Gasteiger partial charge in [0.1, 0.15) is 11.9 Å². The Balaban J connectivity index is 1.99. The summed E-state index contributed by atoms with van der Waals surface area (Å²) >= 11 is 1.47. The van der Waals surface area contributed by atoms with Crippen molar-refractivity contribution in [2.75, 3.05) is 12.3 Å². The number of hydrogen-bond donors (Lipinski definition) is 1. The second kappa shape index (κ2) is 12.4. The highest BCUT2D eigenvalue weighted by molar-refractivity contribution is 7.99. The van der Waals surface area contributed by atoms with Crippen LogP contribution in [0.1, 0.15) is 38.3 Å². The number of carbonyl (C=O) groups is 2. The van der Waals surface area contributed by atoms with Crippen LogP contribution in [0.2, 0.25) is 0 Å². The van der Waals surface area contributed by atoms with Gasteiger partial charge in [0.05, 0.1) is 5.75 Å². The summed E-state index contributed by atoms with van der Waals surface area (Å²) in [5.74, 6) is 0.422. The predicted molar refractivity (Wildman–Crippen MR) is 122 cm³/mol. The lowest BCUT2D eigenvalue weighted by Crippen LogP contribution is -2.51. The molecule has 0 aromatic heterocycles. The van der Waals surface area contributed by atoms with Gasteiger partial charge in [0.25, 0.3) is 0 Å². The van der Waals surface area contributed by atoms with Gasteiger partial charge < -0.3 is 10.2 Å². The molecule has 0 saturated heterocycles. The smallest absolute Gasteiger partial charge is 0.242 e. The Morgan fingerprint density at radius 2 is 1.70 bits per heavy atom. The number of halogens is 1. The summed E-state index contributed by atoms with van der Waals surface area (Å²) in [5, 5.41) is 2.97. The van der Waals surface area contributed by atoms with Crippen molar-refractivity contribution < 1.29 is 14.0 Å². The molecule has 162 valence electrons. The van der Waals surface area contributed by atoms with Crippen molar-refractivity contribution in [1.29, 1.82) is 0 Å². The second-order valence-electron chi connectivity index (χ2n) is 7.44. The first kappa shape index (κ1) is 23.9. The number of thioether (sulfide) groups is 1. The maximum atomic E-state index is 13.0. The molecule has 0 spiro atoms. The van der Waals surface area contributed by atoms with Crippen LogP contribution in [0.5, 0.6) is 0 Å². The van der Waals surface area contributed by atoms with Gasteiger partial charge >= 0.3 is 0 Å². The average molecular weight is 431 g/mol. The Labute approximate surface area is 183 Å². The van der Waals surface area contributed by atoms with E-state index in [1.807, 2.05) is 44.2 Å². The van der Waals surface area contributed by atoms with Crippen LogP contribution in [0, 0.1) is 5.82 Å². The van der Waals surface area contributed by atoms with Crippen LogP contribution >= 0.6 is 11.8 Å². The predicted octanol–water partition coefficient (Wildman–Crippen LogP) is 4.43. The molecule has 0 saturated carbocycles. The molecule has 0 aliphatic carbocycles. The first-order valence-electron chi connectivity index (χ1n) is 10.4. The van der Waals surface area contributed by atoms with Gasteiger partial charge in [0.15, 0.2) is 0 Å². The van der Waals surface area contributed by atoms with Crippen LogP contribution in [0.4, 0.5) is 4.39 Å². The van der Waals surface area contributed by atoms with Gasteiger partial charge in [-0.3, -0.25) is 9.59 Å². The van der Waals surface area contributed by atoms with Crippen LogP contribution in [-0.4, -0.2) is 41.1 Å². The van der Waals surface area contributed by atoms with Crippen molar-refractivity contribution in [1.82, 2.24) is 10.2 Å². The van der Waals surface area contributed by atoms with E-state index in [9.17, 15) is 14.0 Å². The van der Waals surface area contributed by atoms with Crippen LogP contribution in [0.25, 0.3) is 0 Å². The van der Waals surface area contributed by atoms with Crippen LogP contribution in [-0.2, 0) is 21.8 Å². The maximum Gasteiger partial charge on any atom is 0.242 e. The van der Waals surface area contributed by atoms with Crippen LogP contribution in [0.3, 0.4) is 0 Å². The summed E-state index contributed by atoms with van der Waals surface area (Å²) in [6.07, 6.45) is 1.53.